The van der Waals surface area contributed by atoms with E-state index in [-0.39, 0.29) is 18.3 Å². The zero-order valence-corrected chi connectivity index (χ0v) is 16.2. The third kappa shape index (κ3) is 4.46. The number of carbonyl (C=O) groups is 2. The fraction of sp³-hybridized carbons (Fsp3) is 0.316. The molecule has 0 aliphatic carbocycles. The highest BCUT2D eigenvalue weighted by Crippen LogP contribution is 2.31. The Morgan fingerprint density at radius 3 is 2.78 bits per heavy atom. The fourth-order valence-electron chi connectivity index (χ4n) is 2.61. The largest absolute Gasteiger partial charge is 0.493 e. The second-order valence-corrected chi connectivity index (χ2v) is 6.88. The van der Waals surface area contributed by atoms with Crippen LogP contribution in [0.4, 0.5) is 10.8 Å². The van der Waals surface area contributed by atoms with E-state index in [1.165, 1.54) is 24.5 Å². The Labute approximate surface area is 161 Å². The maximum atomic E-state index is 12.2. The van der Waals surface area contributed by atoms with Gasteiger partial charge in [0.25, 0.3) is 0 Å². The minimum Gasteiger partial charge on any atom is -0.493 e. The van der Waals surface area contributed by atoms with E-state index in [2.05, 4.69) is 4.98 Å². The number of ether oxygens (including phenoxy) is 3. The first kappa shape index (κ1) is 18.9. The first-order chi connectivity index (χ1) is 13.0. The van der Waals surface area contributed by atoms with Gasteiger partial charge in [0.15, 0.2) is 5.13 Å². The number of amides is 1. The molecule has 0 atom stereocenters. The molecule has 8 heteroatoms. The number of anilines is 2. The van der Waals surface area contributed by atoms with E-state index in [0.717, 1.165) is 16.8 Å². The minimum absolute atomic E-state index is 0.0192. The molecule has 3 rings (SSSR count). The summed E-state index contributed by atoms with van der Waals surface area (Å²) in [5, 5.41) is 2.28. The number of rotatable bonds is 5. The Kier molecular flexibility index (Phi) is 5.75. The summed E-state index contributed by atoms with van der Waals surface area (Å²) in [6, 6.07) is 5.87. The van der Waals surface area contributed by atoms with Gasteiger partial charge in [-0.15, -0.1) is 11.3 Å². The van der Waals surface area contributed by atoms with Crippen LogP contribution in [0.2, 0.25) is 0 Å². The molecular weight excluding hydrogens is 368 g/mol. The van der Waals surface area contributed by atoms with E-state index < -0.39 is 5.97 Å². The number of esters is 1. The van der Waals surface area contributed by atoms with E-state index in [4.69, 9.17) is 14.2 Å². The highest BCUT2D eigenvalue weighted by molar-refractivity contribution is 7.14. The monoisotopic (exact) mass is 388 g/mol. The zero-order chi connectivity index (χ0) is 19.4. The van der Waals surface area contributed by atoms with Crippen LogP contribution < -0.4 is 4.90 Å². The predicted molar refractivity (Wildman–Crippen MR) is 101 cm³/mol. The molecule has 0 radical (unpaired) electrons. The average Bonchev–Trinajstić information content (AvgIpc) is 3.10. The fourth-order valence-corrected chi connectivity index (χ4v) is 3.48. The van der Waals surface area contributed by atoms with Crippen LogP contribution in [-0.2, 0) is 30.4 Å². The van der Waals surface area contributed by atoms with E-state index in [9.17, 15) is 9.59 Å². The Morgan fingerprint density at radius 2 is 2.11 bits per heavy atom. The second-order valence-electron chi connectivity index (χ2n) is 6.04. The van der Waals surface area contributed by atoms with Crippen molar-refractivity contribution in [3.63, 3.8) is 0 Å². The van der Waals surface area contributed by atoms with Crippen LogP contribution in [0.15, 0.2) is 35.6 Å². The van der Waals surface area contributed by atoms with Gasteiger partial charge in [0, 0.05) is 12.3 Å². The summed E-state index contributed by atoms with van der Waals surface area (Å²) in [6.07, 6.45) is 1.25. The predicted octanol–water partition coefficient (Wildman–Crippen LogP) is 3.38. The molecule has 0 N–H and O–H groups in total. The van der Waals surface area contributed by atoms with E-state index >= 15 is 0 Å². The Balaban J connectivity index is 1.73. The molecule has 1 aromatic carbocycles. The van der Waals surface area contributed by atoms with Crippen molar-refractivity contribution in [2.24, 2.45) is 0 Å². The molecule has 0 fully saturated rings. The van der Waals surface area contributed by atoms with Crippen molar-refractivity contribution >= 4 is 34.0 Å². The van der Waals surface area contributed by atoms with Crippen LogP contribution in [0.25, 0.3) is 0 Å². The summed E-state index contributed by atoms with van der Waals surface area (Å²) >= 11 is 1.31. The summed E-state index contributed by atoms with van der Waals surface area (Å²) < 4.78 is 15.4. The number of thiazole rings is 1. The van der Waals surface area contributed by atoms with E-state index in [1.807, 2.05) is 32.0 Å². The van der Waals surface area contributed by atoms with E-state index in [1.54, 1.807) is 10.3 Å². The number of nitrogens with zero attached hydrogens (tertiary/aromatic N) is 2. The summed E-state index contributed by atoms with van der Waals surface area (Å²) in [5.41, 5.74) is 3.44. The lowest BCUT2D eigenvalue weighted by Crippen LogP contribution is -2.23. The van der Waals surface area contributed by atoms with Gasteiger partial charge in [-0.05, 0) is 25.5 Å². The molecule has 142 valence electrons. The molecule has 2 heterocycles. The molecule has 0 unspecified atom stereocenters. The van der Waals surface area contributed by atoms with Gasteiger partial charge >= 0.3 is 5.97 Å². The molecule has 0 bridgehead atoms. The summed E-state index contributed by atoms with van der Waals surface area (Å²) in [7, 11) is 0. The van der Waals surface area contributed by atoms with E-state index in [0.29, 0.717) is 24.0 Å². The first-order valence-electron chi connectivity index (χ1n) is 8.40. The minimum atomic E-state index is -0.609. The summed E-state index contributed by atoms with van der Waals surface area (Å²) in [6.45, 7) is 6.15. The molecule has 2 aromatic rings. The summed E-state index contributed by atoms with van der Waals surface area (Å²) in [5.74, 6) is -0.711. The topological polar surface area (TPSA) is 78.0 Å². The molecule has 0 spiro atoms. The molecule has 1 aliphatic heterocycles. The van der Waals surface area contributed by atoms with Crippen LogP contribution in [0.1, 0.15) is 23.7 Å². The third-order valence-electron chi connectivity index (χ3n) is 3.84. The van der Waals surface area contributed by atoms with Crippen molar-refractivity contribution < 1.29 is 23.8 Å². The van der Waals surface area contributed by atoms with Gasteiger partial charge in [0.1, 0.15) is 26.1 Å². The van der Waals surface area contributed by atoms with Gasteiger partial charge in [-0.1, -0.05) is 17.7 Å². The Hall–Kier alpha value is -2.87. The lowest BCUT2D eigenvalue weighted by molar-refractivity contribution is -0.146. The third-order valence-corrected chi connectivity index (χ3v) is 4.72. The number of hydrogen-bond acceptors (Lipinski definition) is 7. The Bertz CT molecular complexity index is 890. The molecule has 1 aromatic heterocycles. The lowest BCUT2D eigenvalue weighted by Gasteiger charge is -2.20. The van der Waals surface area contributed by atoms with Crippen LogP contribution >= 0.6 is 11.3 Å². The smallest absolute Gasteiger partial charge is 0.377 e. The normalized spacial score (nSPS) is 13.2. The summed E-state index contributed by atoms with van der Waals surface area (Å²) in [4.78, 5) is 30.2. The highest BCUT2D eigenvalue weighted by atomic mass is 32.1. The number of hydrogen-bond donors (Lipinski definition) is 0. The van der Waals surface area contributed by atoms with Gasteiger partial charge < -0.3 is 14.2 Å². The number of carbonyl (C=O) groups excluding carboxylic acids is 2. The van der Waals surface area contributed by atoms with Crippen molar-refractivity contribution in [3.05, 3.63) is 52.4 Å². The Morgan fingerprint density at radius 1 is 1.30 bits per heavy atom. The molecule has 0 saturated carbocycles. The zero-order valence-electron chi connectivity index (χ0n) is 15.4. The number of benzene rings is 1. The van der Waals surface area contributed by atoms with Crippen molar-refractivity contribution in [3.8, 4) is 0 Å². The molecule has 27 heavy (non-hydrogen) atoms. The second kappa shape index (κ2) is 8.22. The standard InChI is InChI=1S/C19H20N2O5S/c1-12-4-5-16(13(2)8-12)21(14(3)22)19-20-15(11-27-19)9-26-18(23)17-10-24-6-7-25-17/h4-5,8,10-11H,6-7,9H2,1-3H3. The van der Waals surface area contributed by atoms with Gasteiger partial charge in [-0.2, -0.15) is 0 Å². The number of aryl methyl sites for hydroxylation is 2. The van der Waals surface area contributed by atoms with Crippen molar-refractivity contribution in [2.75, 3.05) is 18.1 Å². The molecule has 0 saturated heterocycles. The van der Waals surface area contributed by atoms with Gasteiger partial charge in [-0.25, -0.2) is 9.78 Å². The maximum absolute atomic E-state index is 12.2. The molecule has 1 aliphatic rings. The molecular formula is C19H20N2O5S. The van der Waals surface area contributed by atoms with Crippen LogP contribution in [-0.4, -0.2) is 30.1 Å². The maximum Gasteiger partial charge on any atom is 0.377 e. The SMILES string of the molecule is CC(=O)N(c1nc(COC(=O)C2=COCCO2)cs1)c1ccc(C)cc1C. The van der Waals surface area contributed by atoms with Crippen LogP contribution in [0, 0.1) is 13.8 Å². The van der Waals surface area contributed by atoms with Crippen LogP contribution in [0.3, 0.4) is 0 Å². The molecule has 7 nitrogen and oxygen atoms in total. The lowest BCUT2D eigenvalue weighted by atomic mass is 10.1. The highest BCUT2D eigenvalue weighted by Gasteiger charge is 2.21. The van der Waals surface area contributed by atoms with Crippen LogP contribution in [0.5, 0.6) is 0 Å². The molecule has 1 amide bonds. The average molecular weight is 388 g/mol. The number of aromatic nitrogens is 1. The quantitative estimate of drug-likeness (QED) is 0.731. The van der Waals surface area contributed by atoms with Crippen molar-refractivity contribution in [2.45, 2.75) is 27.4 Å². The van der Waals surface area contributed by atoms with Crippen molar-refractivity contribution in [1.82, 2.24) is 4.98 Å². The van der Waals surface area contributed by atoms with Gasteiger partial charge in [-0.3, -0.25) is 9.69 Å². The van der Waals surface area contributed by atoms with Gasteiger partial charge in [0.05, 0.1) is 11.4 Å². The first-order valence-corrected chi connectivity index (χ1v) is 9.27. The van der Waals surface area contributed by atoms with Crippen molar-refractivity contribution in [1.29, 1.82) is 0 Å². The van der Waals surface area contributed by atoms with Gasteiger partial charge in [0.2, 0.25) is 11.7 Å².